The molecule has 2 rings (SSSR count). The third-order valence-electron chi connectivity index (χ3n) is 2.83. The number of hydrogen-bond donors (Lipinski definition) is 2. The number of likely N-dealkylation sites (tertiary alicyclic amines) is 1. The minimum Gasteiger partial charge on any atom is -0.367 e. The molecule has 1 fully saturated rings. The first-order valence-electron chi connectivity index (χ1n) is 4.63. The zero-order valence-corrected chi connectivity index (χ0v) is 8.14. The molecule has 0 unspecified atom stereocenters. The number of carbonyl (C=O) groups excluding carboxylic acids is 2. The second-order valence-corrected chi connectivity index (χ2v) is 3.67. The van der Waals surface area contributed by atoms with Crippen LogP contribution < -0.4 is 11.2 Å². The predicted molar refractivity (Wildman–Crippen MR) is 53.8 cm³/mol. The van der Waals surface area contributed by atoms with Gasteiger partial charge in [-0.2, -0.15) is 5.10 Å². The number of hydrogen-bond acceptors (Lipinski definition) is 4. The highest BCUT2D eigenvalue weighted by atomic mass is 16.2. The summed E-state index contributed by atoms with van der Waals surface area (Å²) < 4.78 is 0. The van der Waals surface area contributed by atoms with Crippen LogP contribution in [0.2, 0.25) is 0 Å². The molecular formula is C9H12N4O2. The van der Waals surface area contributed by atoms with Gasteiger partial charge in [0.15, 0.2) is 0 Å². The van der Waals surface area contributed by atoms with E-state index in [0.29, 0.717) is 13.1 Å². The fourth-order valence-corrected chi connectivity index (χ4v) is 2.04. The summed E-state index contributed by atoms with van der Waals surface area (Å²) in [6.45, 7) is 4.42. The van der Waals surface area contributed by atoms with Gasteiger partial charge in [0.25, 0.3) is 11.8 Å². The van der Waals surface area contributed by atoms with Crippen molar-refractivity contribution >= 4 is 18.0 Å². The van der Waals surface area contributed by atoms with Crippen LogP contribution in [-0.4, -0.2) is 41.6 Å². The van der Waals surface area contributed by atoms with Crippen LogP contribution in [0.15, 0.2) is 17.8 Å². The van der Waals surface area contributed by atoms with Crippen LogP contribution in [0.4, 0.5) is 0 Å². The third kappa shape index (κ3) is 1.07. The maximum Gasteiger partial charge on any atom is 0.260 e. The van der Waals surface area contributed by atoms with Crippen LogP contribution >= 0.6 is 0 Å². The van der Waals surface area contributed by atoms with E-state index in [1.807, 2.05) is 0 Å². The average Bonchev–Trinajstić information content (AvgIpc) is 2.69. The largest absolute Gasteiger partial charge is 0.367 e. The van der Waals surface area contributed by atoms with Gasteiger partial charge in [-0.05, 0) is 0 Å². The fourth-order valence-electron chi connectivity index (χ4n) is 2.04. The van der Waals surface area contributed by atoms with E-state index >= 15 is 0 Å². The van der Waals surface area contributed by atoms with Crippen molar-refractivity contribution in [3.8, 4) is 0 Å². The van der Waals surface area contributed by atoms with Crippen molar-refractivity contribution in [1.29, 1.82) is 0 Å². The molecule has 3 N–H and O–H groups in total. The Bertz CT molecular complexity index is 365. The van der Waals surface area contributed by atoms with E-state index in [1.54, 1.807) is 17.2 Å². The SMILES string of the molecule is C=CCN1C[C@@H]2C=NN[C@]2(C(N)=O)C1=O. The Balaban J connectivity index is 2.33. The van der Waals surface area contributed by atoms with E-state index < -0.39 is 11.4 Å². The highest BCUT2D eigenvalue weighted by Gasteiger charge is 2.60. The summed E-state index contributed by atoms with van der Waals surface area (Å²) in [6.07, 6.45) is 3.18. The number of rotatable bonds is 3. The lowest BCUT2D eigenvalue weighted by Crippen LogP contribution is -2.60. The van der Waals surface area contributed by atoms with Crippen molar-refractivity contribution in [2.45, 2.75) is 5.54 Å². The minimum atomic E-state index is -1.36. The molecule has 2 heterocycles. The predicted octanol–water partition coefficient (Wildman–Crippen LogP) is -1.56. The second-order valence-electron chi connectivity index (χ2n) is 3.67. The lowest BCUT2D eigenvalue weighted by Gasteiger charge is -2.22. The number of primary amides is 1. The van der Waals surface area contributed by atoms with Gasteiger partial charge in [-0.15, -0.1) is 6.58 Å². The first kappa shape index (κ1) is 9.70. The summed E-state index contributed by atoms with van der Waals surface area (Å²) in [5.74, 6) is -1.28. The van der Waals surface area contributed by atoms with E-state index in [1.165, 1.54) is 0 Å². The molecule has 15 heavy (non-hydrogen) atoms. The van der Waals surface area contributed by atoms with E-state index in [-0.39, 0.29) is 11.8 Å². The molecular weight excluding hydrogens is 196 g/mol. The van der Waals surface area contributed by atoms with Crippen LogP contribution in [0.1, 0.15) is 0 Å². The first-order valence-corrected chi connectivity index (χ1v) is 4.63. The van der Waals surface area contributed by atoms with Gasteiger partial charge in [0.1, 0.15) is 0 Å². The van der Waals surface area contributed by atoms with Crippen molar-refractivity contribution in [2.24, 2.45) is 16.8 Å². The number of nitrogens with two attached hydrogens (primary N) is 1. The van der Waals surface area contributed by atoms with Crippen molar-refractivity contribution in [3.63, 3.8) is 0 Å². The summed E-state index contributed by atoms with van der Waals surface area (Å²) in [6, 6.07) is 0. The summed E-state index contributed by atoms with van der Waals surface area (Å²) >= 11 is 0. The van der Waals surface area contributed by atoms with Crippen LogP contribution in [0.5, 0.6) is 0 Å². The molecule has 80 valence electrons. The standard InChI is InChI=1S/C9H12N4O2/c1-2-3-13-5-6-4-11-12-9(6,7(10)14)8(13)15/h2,4,6,12H,1,3,5H2,(H2,10,14)/t6-,9+/m0/s1. The minimum absolute atomic E-state index is 0.276. The Morgan fingerprint density at radius 1 is 1.93 bits per heavy atom. The van der Waals surface area contributed by atoms with Gasteiger partial charge in [-0.1, -0.05) is 6.08 Å². The molecule has 1 saturated heterocycles. The van der Waals surface area contributed by atoms with Crippen LogP contribution in [0.3, 0.4) is 0 Å². The summed E-state index contributed by atoms with van der Waals surface area (Å²) in [5.41, 5.74) is 6.45. The second kappa shape index (κ2) is 3.08. The molecule has 0 aliphatic carbocycles. The Labute approximate surface area is 86.8 Å². The highest BCUT2D eigenvalue weighted by molar-refractivity contribution is 6.14. The third-order valence-corrected chi connectivity index (χ3v) is 2.83. The fraction of sp³-hybridized carbons (Fsp3) is 0.444. The number of hydrazone groups is 1. The molecule has 2 aliphatic rings. The lowest BCUT2D eigenvalue weighted by molar-refractivity contribution is -0.139. The van der Waals surface area contributed by atoms with Crippen LogP contribution in [-0.2, 0) is 9.59 Å². The van der Waals surface area contributed by atoms with Crippen LogP contribution in [0, 0.1) is 5.92 Å². The molecule has 6 heteroatoms. The van der Waals surface area contributed by atoms with E-state index in [9.17, 15) is 9.59 Å². The van der Waals surface area contributed by atoms with Crippen LogP contribution in [0.25, 0.3) is 0 Å². The van der Waals surface area contributed by atoms with E-state index in [2.05, 4.69) is 17.1 Å². The molecule has 2 atom stereocenters. The molecule has 0 aromatic rings. The van der Waals surface area contributed by atoms with Crippen molar-refractivity contribution < 1.29 is 9.59 Å². The molecule has 0 bridgehead atoms. The molecule has 0 radical (unpaired) electrons. The topological polar surface area (TPSA) is 87.8 Å². The van der Waals surface area contributed by atoms with Gasteiger partial charge in [-0.3, -0.25) is 15.0 Å². The number of amides is 2. The number of fused-ring (bicyclic) bond motifs is 1. The molecule has 0 saturated carbocycles. The summed E-state index contributed by atoms with van der Waals surface area (Å²) in [5, 5.41) is 3.76. The monoisotopic (exact) mass is 208 g/mol. The maximum atomic E-state index is 12.0. The number of carbonyl (C=O) groups is 2. The van der Waals surface area contributed by atoms with Crippen molar-refractivity contribution in [3.05, 3.63) is 12.7 Å². The lowest BCUT2D eigenvalue weighted by atomic mass is 9.88. The Hall–Kier alpha value is -1.85. The molecule has 0 aromatic carbocycles. The van der Waals surface area contributed by atoms with Gasteiger partial charge in [0.05, 0.1) is 5.92 Å². The summed E-state index contributed by atoms with van der Waals surface area (Å²) in [4.78, 5) is 24.9. The normalized spacial score (nSPS) is 32.7. The number of nitrogens with one attached hydrogen (secondary N) is 1. The van der Waals surface area contributed by atoms with E-state index in [4.69, 9.17) is 5.73 Å². The molecule has 6 nitrogen and oxygen atoms in total. The average molecular weight is 208 g/mol. The number of nitrogens with zero attached hydrogens (tertiary/aromatic N) is 2. The molecule has 0 aromatic heterocycles. The molecule has 2 aliphatic heterocycles. The zero-order chi connectivity index (χ0) is 11.1. The molecule has 0 spiro atoms. The van der Waals surface area contributed by atoms with Crippen molar-refractivity contribution in [1.82, 2.24) is 10.3 Å². The Kier molecular flexibility index (Phi) is 1.99. The Morgan fingerprint density at radius 2 is 2.67 bits per heavy atom. The molecule has 2 amide bonds. The van der Waals surface area contributed by atoms with Gasteiger partial charge in [0, 0.05) is 19.3 Å². The smallest absolute Gasteiger partial charge is 0.260 e. The zero-order valence-electron chi connectivity index (χ0n) is 8.14. The van der Waals surface area contributed by atoms with Gasteiger partial charge in [0.2, 0.25) is 5.54 Å². The van der Waals surface area contributed by atoms with E-state index in [0.717, 1.165) is 0 Å². The van der Waals surface area contributed by atoms with Crippen molar-refractivity contribution in [2.75, 3.05) is 13.1 Å². The highest BCUT2D eigenvalue weighted by Crippen LogP contribution is 2.30. The summed E-state index contributed by atoms with van der Waals surface area (Å²) in [7, 11) is 0. The first-order chi connectivity index (χ1) is 7.13. The Morgan fingerprint density at radius 3 is 3.20 bits per heavy atom. The van der Waals surface area contributed by atoms with Gasteiger partial charge >= 0.3 is 0 Å². The van der Waals surface area contributed by atoms with Gasteiger partial charge < -0.3 is 10.6 Å². The quantitative estimate of drug-likeness (QED) is 0.434. The van der Waals surface area contributed by atoms with Gasteiger partial charge in [-0.25, -0.2) is 0 Å². The maximum absolute atomic E-state index is 12.0.